The number of carbonyl (C=O) groups is 2. The van der Waals surface area contributed by atoms with Crippen molar-refractivity contribution in [1.82, 2.24) is 19.9 Å². The van der Waals surface area contributed by atoms with Gasteiger partial charge in [-0.15, -0.1) is 0 Å². The van der Waals surface area contributed by atoms with Crippen molar-refractivity contribution in [3.8, 4) is 22.5 Å². The number of aromatic nitrogens is 3. The fraction of sp³-hybridized carbons (Fsp3) is 0.0333. The Bertz CT molecular complexity index is 1610. The van der Waals surface area contributed by atoms with Crippen LogP contribution in [-0.2, 0) is 0 Å². The van der Waals surface area contributed by atoms with Crippen molar-refractivity contribution in [1.29, 1.82) is 0 Å². The third-order valence-electron chi connectivity index (χ3n) is 6.11. The Morgan fingerprint density at radius 2 is 1.25 bits per heavy atom. The van der Waals surface area contributed by atoms with Crippen LogP contribution < -0.4 is 0 Å². The zero-order valence-corrected chi connectivity index (χ0v) is 19.2. The third kappa shape index (κ3) is 3.84. The molecule has 0 bridgehead atoms. The van der Waals surface area contributed by atoms with E-state index in [-0.39, 0.29) is 18.4 Å². The number of nitrogens with zero attached hydrogens (tertiary/aromatic N) is 4. The van der Waals surface area contributed by atoms with Crippen molar-refractivity contribution in [2.24, 2.45) is 0 Å². The molecule has 0 fully saturated rings. The van der Waals surface area contributed by atoms with Gasteiger partial charge in [0, 0.05) is 23.9 Å². The Hall–Kier alpha value is -4.97. The van der Waals surface area contributed by atoms with Crippen LogP contribution in [0.4, 0.5) is 0 Å². The van der Waals surface area contributed by atoms with Crippen LogP contribution in [0.2, 0.25) is 0 Å². The van der Waals surface area contributed by atoms with E-state index in [2.05, 4.69) is 4.98 Å². The molecule has 172 valence electrons. The monoisotopic (exact) mass is 468 g/mol. The Kier molecular flexibility index (Phi) is 5.39. The van der Waals surface area contributed by atoms with E-state index in [0.717, 1.165) is 28.1 Å². The number of benzene rings is 3. The second-order valence-corrected chi connectivity index (χ2v) is 8.43. The van der Waals surface area contributed by atoms with E-state index >= 15 is 0 Å². The number of pyridine rings is 1. The quantitative estimate of drug-likeness (QED) is 0.311. The van der Waals surface area contributed by atoms with Gasteiger partial charge in [0.15, 0.2) is 5.65 Å². The summed E-state index contributed by atoms with van der Waals surface area (Å²) in [6.07, 6.45) is 5.34. The van der Waals surface area contributed by atoms with Crippen LogP contribution in [0.5, 0.6) is 0 Å². The lowest BCUT2D eigenvalue weighted by atomic mass is 10.0. The molecule has 0 radical (unpaired) electrons. The first kappa shape index (κ1) is 21.6. The molecule has 2 amide bonds. The van der Waals surface area contributed by atoms with Crippen molar-refractivity contribution in [2.45, 2.75) is 0 Å². The first-order valence-electron chi connectivity index (χ1n) is 11.6. The second kappa shape index (κ2) is 9.00. The molecule has 36 heavy (non-hydrogen) atoms. The van der Waals surface area contributed by atoms with E-state index in [1.54, 1.807) is 36.5 Å². The molecule has 3 heterocycles. The molecule has 0 spiro atoms. The maximum absolute atomic E-state index is 12.6. The highest BCUT2D eigenvalue weighted by atomic mass is 16.2. The molecular weight excluding hydrogens is 448 g/mol. The summed E-state index contributed by atoms with van der Waals surface area (Å²) in [6, 6.07) is 28.7. The van der Waals surface area contributed by atoms with Gasteiger partial charge in [0.05, 0.1) is 22.5 Å². The average molecular weight is 469 g/mol. The number of fused-ring (bicyclic) bond motifs is 2. The van der Waals surface area contributed by atoms with Gasteiger partial charge < -0.3 is 0 Å². The molecule has 3 aromatic carbocycles. The summed E-state index contributed by atoms with van der Waals surface area (Å²) in [5, 5.41) is 0. The minimum absolute atomic E-state index is 0.179. The summed E-state index contributed by atoms with van der Waals surface area (Å²) in [5.74, 6) is -0.549. The van der Waals surface area contributed by atoms with Gasteiger partial charge >= 0.3 is 0 Å². The summed E-state index contributed by atoms with van der Waals surface area (Å²) >= 11 is 0. The predicted molar refractivity (Wildman–Crippen MR) is 139 cm³/mol. The molecule has 2 aromatic heterocycles. The number of amides is 2. The molecule has 0 aliphatic carbocycles. The van der Waals surface area contributed by atoms with Gasteiger partial charge in [0.25, 0.3) is 11.8 Å². The Labute approximate surface area is 207 Å². The Morgan fingerprint density at radius 3 is 1.86 bits per heavy atom. The van der Waals surface area contributed by atoms with Gasteiger partial charge in [-0.25, -0.2) is 15.0 Å². The highest BCUT2D eigenvalue weighted by molar-refractivity contribution is 6.21. The maximum Gasteiger partial charge on any atom is 0.261 e. The molecule has 6 rings (SSSR count). The largest absolute Gasteiger partial charge is 0.270 e. The van der Waals surface area contributed by atoms with Crippen LogP contribution in [0.15, 0.2) is 103 Å². The van der Waals surface area contributed by atoms with Crippen LogP contribution in [0, 0.1) is 0 Å². The van der Waals surface area contributed by atoms with E-state index in [0.29, 0.717) is 22.3 Å². The van der Waals surface area contributed by atoms with E-state index < -0.39 is 0 Å². The van der Waals surface area contributed by atoms with E-state index in [9.17, 15) is 9.59 Å². The van der Waals surface area contributed by atoms with Gasteiger partial charge in [0.2, 0.25) is 0 Å². The number of hydrogen-bond donors (Lipinski definition) is 0. The average Bonchev–Trinajstić information content (AvgIpc) is 3.18. The zero-order valence-electron chi connectivity index (χ0n) is 19.2. The minimum Gasteiger partial charge on any atom is -0.270 e. The predicted octanol–water partition coefficient (Wildman–Crippen LogP) is 5.67. The van der Waals surface area contributed by atoms with Crippen molar-refractivity contribution in [3.63, 3.8) is 0 Å². The van der Waals surface area contributed by atoms with Gasteiger partial charge in [-0.05, 0) is 23.8 Å². The molecule has 1 aliphatic heterocycles. The molecule has 1 aliphatic rings. The molecule has 0 N–H and O–H groups in total. The first-order chi connectivity index (χ1) is 17.7. The van der Waals surface area contributed by atoms with Crippen molar-refractivity contribution in [2.75, 3.05) is 6.54 Å². The smallest absolute Gasteiger partial charge is 0.261 e. The molecule has 6 nitrogen and oxygen atoms in total. The van der Waals surface area contributed by atoms with Gasteiger partial charge in [0.1, 0.15) is 5.52 Å². The number of hydrogen-bond acceptors (Lipinski definition) is 5. The van der Waals surface area contributed by atoms with Crippen LogP contribution in [0.25, 0.3) is 39.8 Å². The SMILES string of the molecule is O=C1c2ccccc2C(=O)N1C/C=C/c1cnc2nc(-c3ccccc3)c(-c3ccccc3)nc2c1. The lowest BCUT2D eigenvalue weighted by molar-refractivity contribution is 0.0672. The number of rotatable bonds is 5. The fourth-order valence-corrected chi connectivity index (χ4v) is 4.35. The van der Waals surface area contributed by atoms with Crippen molar-refractivity contribution < 1.29 is 9.59 Å². The van der Waals surface area contributed by atoms with Crippen molar-refractivity contribution >= 4 is 29.1 Å². The summed E-state index contributed by atoms with van der Waals surface area (Å²) in [7, 11) is 0. The highest BCUT2D eigenvalue weighted by Gasteiger charge is 2.34. The molecule has 6 heteroatoms. The molecule has 0 unspecified atom stereocenters. The Morgan fingerprint density at radius 1 is 0.694 bits per heavy atom. The van der Waals surface area contributed by atoms with Gasteiger partial charge in [-0.3, -0.25) is 14.5 Å². The summed E-state index contributed by atoms with van der Waals surface area (Å²) in [4.78, 5) is 40.8. The Balaban J connectivity index is 1.33. The fourth-order valence-electron chi connectivity index (χ4n) is 4.35. The topological polar surface area (TPSA) is 76.1 Å². The number of imide groups is 1. The summed E-state index contributed by atoms with van der Waals surface area (Å²) in [6.45, 7) is 0.179. The van der Waals surface area contributed by atoms with E-state index in [1.165, 1.54) is 4.90 Å². The number of carbonyl (C=O) groups excluding carboxylic acids is 2. The second-order valence-electron chi connectivity index (χ2n) is 8.43. The van der Waals surface area contributed by atoms with Crippen molar-refractivity contribution in [3.05, 3.63) is 120 Å². The van der Waals surface area contributed by atoms with E-state index in [4.69, 9.17) is 9.97 Å². The minimum atomic E-state index is -0.274. The van der Waals surface area contributed by atoms with E-state index in [1.807, 2.05) is 72.8 Å². The van der Waals surface area contributed by atoms with Crippen LogP contribution in [0.3, 0.4) is 0 Å². The molecule has 0 atom stereocenters. The summed E-state index contributed by atoms with van der Waals surface area (Å²) < 4.78 is 0. The van der Waals surface area contributed by atoms with Gasteiger partial charge in [-0.2, -0.15) is 0 Å². The first-order valence-corrected chi connectivity index (χ1v) is 11.6. The zero-order chi connectivity index (χ0) is 24.5. The summed E-state index contributed by atoms with van der Waals surface area (Å²) in [5.41, 5.74) is 6.40. The lowest BCUT2D eigenvalue weighted by Gasteiger charge is -2.11. The standard InChI is InChI=1S/C30H20N4O2/c35-29-23-15-7-8-16-24(23)30(36)34(29)17-9-10-20-18-25-28(31-19-20)33-27(22-13-5-2-6-14-22)26(32-25)21-11-3-1-4-12-21/h1-16,18-19H,17H2/b10-9+. The third-order valence-corrected chi connectivity index (χ3v) is 6.11. The molecular formula is C30H20N4O2. The molecule has 0 saturated carbocycles. The van der Waals surface area contributed by atoms with Crippen LogP contribution in [0.1, 0.15) is 26.3 Å². The lowest BCUT2D eigenvalue weighted by Crippen LogP contribution is -2.29. The molecule has 5 aromatic rings. The van der Waals surface area contributed by atoms with Gasteiger partial charge in [-0.1, -0.05) is 84.9 Å². The van der Waals surface area contributed by atoms with Crippen LogP contribution in [-0.4, -0.2) is 38.2 Å². The maximum atomic E-state index is 12.6. The normalized spacial score (nSPS) is 13.1. The molecule has 0 saturated heterocycles. The van der Waals surface area contributed by atoms with Crippen LogP contribution >= 0.6 is 0 Å². The highest BCUT2D eigenvalue weighted by Crippen LogP contribution is 2.30.